The van der Waals surface area contributed by atoms with E-state index in [1.807, 2.05) is 66.7 Å². The summed E-state index contributed by atoms with van der Waals surface area (Å²) in [4.78, 5) is 14.9. The van der Waals surface area contributed by atoms with E-state index in [-0.39, 0.29) is 0 Å². The van der Waals surface area contributed by atoms with Crippen molar-refractivity contribution in [1.82, 2.24) is 19.5 Å². The maximum absolute atomic E-state index is 6.91. The van der Waals surface area contributed by atoms with Crippen molar-refractivity contribution in [3.63, 3.8) is 0 Å². The van der Waals surface area contributed by atoms with Crippen molar-refractivity contribution in [2.45, 2.75) is 0 Å². The lowest BCUT2D eigenvalue weighted by Crippen LogP contribution is -2.00. The van der Waals surface area contributed by atoms with Crippen molar-refractivity contribution in [2.75, 3.05) is 0 Å². The van der Waals surface area contributed by atoms with Gasteiger partial charge in [0, 0.05) is 43.9 Å². The van der Waals surface area contributed by atoms with Gasteiger partial charge < -0.3 is 8.98 Å². The Labute approximate surface area is 322 Å². The van der Waals surface area contributed by atoms with E-state index in [2.05, 4.69) is 132 Å². The van der Waals surface area contributed by atoms with E-state index in [9.17, 15) is 0 Å². The SMILES string of the molecule is c1ccc(-c2nc(-c3ccccc3)nc(-c3cccc4c3oc3c(-c5cccc(-c6ccc7c8ccccc8n(-c8ccccc8)c7c6)c5)cccc34)n2)cc1. The van der Waals surface area contributed by atoms with E-state index in [4.69, 9.17) is 19.4 Å². The largest absolute Gasteiger partial charge is 0.455 e. The van der Waals surface area contributed by atoms with Crippen LogP contribution in [-0.4, -0.2) is 19.5 Å². The predicted molar refractivity (Wildman–Crippen MR) is 229 cm³/mol. The Morgan fingerprint density at radius 3 is 1.54 bits per heavy atom. The van der Waals surface area contributed by atoms with E-state index >= 15 is 0 Å². The smallest absolute Gasteiger partial charge is 0.167 e. The van der Waals surface area contributed by atoms with Crippen molar-refractivity contribution >= 4 is 43.7 Å². The zero-order valence-corrected chi connectivity index (χ0v) is 30.2. The highest BCUT2D eigenvalue weighted by atomic mass is 16.3. The molecule has 0 aliphatic carbocycles. The maximum Gasteiger partial charge on any atom is 0.167 e. The van der Waals surface area contributed by atoms with Gasteiger partial charge >= 0.3 is 0 Å². The molecule has 11 rings (SSSR count). The molecule has 0 spiro atoms. The van der Waals surface area contributed by atoms with Gasteiger partial charge in [0.15, 0.2) is 17.5 Å². The summed E-state index contributed by atoms with van der Waals surface area (Å²) >= 11 is 0. The summed E-state index contributed by atoms with van der Waals surface area (Å²) in [5.74, 6) is 1.79. The summed E-state index contributed by atoms with van der Waals surface area (Å²) < 4.78 is 9.28. The van der Waals surface area contributed by atoms with Crippen LogP contribution in [0.4, 0.5) is 0 Å². The average Bonchev–Trinajstić information content (AvgIpc) is 3.83. The average molecular weight is 717 g/mol. The Hall–Kier alpha value is -7.63. The molecule has 5 nitrogen and oxygen atoms in total. The Morgan fingerprint density at radius 1 is 0.321 bits per heavy atom. The molecular weight excluding hydrogens is 685 g/mol. The minimum absolute atomic E-state index is 0.564. The second-order valence-corrected chi connectivity index (χ2v) is 14.0. The van der Waals surface area contributed by atoms with Crippen LogP contribution in [0.2, 0.25) is 0 Å². The van der Waals surface area contributed by atoms with Crippen LogP contribution in [-0.2, 0) is 0 Å². The Kier molecular flexibility index (Phi) is 7.42. The molecule has 5 heteroatoms. The predicted octanol–water partition coefficient (Wildman–Crippen LogP) is 13.2. The van der Waals surface area contributed by atoms with Crippen molar-refractivity contribution < 1.29 is 4.42 Å². The number of rotatable bonds is 6. The van der Waals surface area contributed by atoms with Crippen LogP contribution in [0.3, 0.4) is 0 Å². The molecule has 0 aliphatic heterocycles. The first-order valence-corrected chi connectivity index (χ1v) is 18.8. The molecule has 56 heavy (non-hydrogen) atoms. The topological polar surface area (TPSA) is 56.7 Å². The third-order valence-corrected chi connectivity index (χ3v) is 10.7. The van der Waals surface area contributed by atoms with Gasteiger partial charge in [-0.25, -0.2) is 15.0 Å². The first kappa shape index (κ1) is 31.9. The van der Waals surface area contributed by atoms with Gasteiger partial charge in [0.25, 0.3) is 0 Å². The minimum Gasteiger partial charge on any atom is -0.455 e. The van der Waals surface area contributed by atoms with E-state index in [1.165, 1.54) is 21.8 Å². The van der Waals surface area contributed by atoms with Gasteiger partial charge in [0.05, 0.1) is 16.6 Å². The summed E-state index contributed by atoms with van der Waals surface area (Å²) in [6.07, 6.45) is 0. The number of hydrogen-bond acceptors (Lipinski definition) is 4. The third kappa shape index (κ3) is 5.29. The normalized spacial score (nSPS) is 11.6. The molecule has 0 aliphatic rings. The van der Waals surface area contributed by atoms with E-state index < -0.39 is 0 Å². The Bertz CT molecular complexity index is 3180. The first-order chi connectivity index (χ1) is 27.8. The molecule has 0 saturated heterocycles. The summed E-state index contributed by atoms with van der Waals surface area (Å²) in [6, 6.07) is 67.5. The maximum atomic E-state index is 6.91. The first-order valence-electron chi connectivity index (χ1n) is 18.8. The van der Waals surface area contributed by atoms with E-state index in [1.54, 1.807) is 0 Å². The Morgan fingerprint density at radius 2 is 0.821 bits per heavy atom. The molecule has 11 aromatic rings. The second-order valence-electron chi connectivity index (χ2n) is 14.0. The fourth-order valence-corrected chi connectivity index (χ4v) is 8.02. The van der Waals surface area contributed by atoms with Crippen LogP contribution in [0, 0.1) is 0 Å². The monoisotopic (exact) mass is 716 g/mol. The fraction of sp³-hybridized carbons (Fsp3) is 0. The van der Waals surface area contributed by atoms with Crippen molar-refractivity contribution in [3.05, 3.63) is 194 Å². The molecule has 0 bridgehead atoms. The number of hydrogen-bond donors (Lipinski definition) is 0. The zero-order chi connectivity index (χ0) is 37.0. The lowest BCUT2D eigenvalue weighted by Gasteiger charge is -2.10. The van der Waals surface area contributed by atoms with Gasteiger partial charge in [-0.3, -0.25) is 0 Å². The molecule has 0 atom stereocenters. The van der Waals surface area contributed by atoms with Crippen LogP contribution in [0.5, 0.6) is 0 Å². The van der Waals surface area contributed by atoms with Gasteiger partial charge in [-0.15, -0.1) is 0 Å². The summed E-state index contributed by atoms with van der Waals surface area (Å²) in [5, 5.41) is 4.53. The van der Waals surface area contributed by atoms with Crippen molar-refractivity contribution in [3.8, 4) is 62.1 Å². The number of nitrogens with zero attached hydrogens (tertiary/aromatic N) is 4. The molecule has 0 radical (unpaired) electrons. The number of fused-ring (bicyclic) bond motifs is 6. The molecular formula is C51H32N4O. The number of benzene rings is 8. The van der Waals surface area contributed by atoms with Crippen molar-refractivity contribution in [1.29, 1.82) is 0 Å². The molecule has 3 heterocycles. The molecule has 0 unspecified atom stereocenters. The molecule has 0 saturated carbocycles. The van der Waals surface area contributed by atoms with Crippen LogP contribution >= 0.6 is 0 Å². The van der Waals surface area contributed by atoms with Gasteiger partial charge in [-0.2, -0.15) is 0 Å². The van der Waals surface area contributed by atoms with Crippen molar-refractivity contribution in [2.24, 2.45) is 0 Å². The van der Waals surface area contributed by atoms with Gasteiger partial charge in [-0.1, -0.05) is 158 Å². The van der Waals surface area contributed by atoms with Gasteiger partial charge in [-0.05, 0) is 53.1 Å². The van der Waals surface area contributed by atoms with Crippen LogP contribution in [0.1, 0.15) is 0 Å². The van der Waals surface area contributed by atoms with Gasteiger partial charge in [0.2, 0.25) is 0 Å². The third-order valence-electron chi connectivity index (χ3n) is 10.7. The highest BCUT2D eigenvalue weighted by Crippen LogP contribution is 2.41. The summed E-state index contributed by atoms with van der Waals surface area (Å²) in [7, 11) is 0. The zero-order valence-electron chi connectivity index (χ0n) is 30.2. The highest BCUT2D eigenvalue weighted by Gasteiger charge is 2.20. The van der Waals surface area contributed by atoms with Gasteiger partial charge in [0.1, 0.15) is 11.2 Å². The number of para-hydroxylation sites is 4. The minimum atomic E-state index is 0.564. The molecule has 0 fully saturated rings. The Balaban J connectivity index is 1.05. The molecule has 262 valence electrons. The lowest BCUT2D eigenvalue weighted by atomic mass is 9.97. The fourth-order valence-electron chi connectivity index (χ4n) is 8.02. The molecule has 0 N–H and O–H groups in total. The highest BCUT2D eigenvalue weighted by molar-refractivity contribution is 6.13. The standard InChI is InChI=1S/C51H32N4O/c1-4-15-33(16-5-1)49-52-50(34-17-6-2-7-18-34)54-51(53-49)44-27-14-26-43-42-25-13-24-39(47(42)56-48(43)44)37-20-12-19-35(31-37)36-29-30-41-40-23-10-11-28-45(40)55(46(41)32-36)38-21-8-3-9-22-38/h1-32H. The van der Waals surface area contributed by atoms with Crippen LogP contribution in [0.25, 0.3) is 106 Å². The molecule has 8 aromatic carbocycles. The number of furan rings is 1. The molecule has 3 aromatic heterocycles. The van der Waals surface area contributed by atoms with Crippen LogP contribution in [0.15, 0.2) is 199 Å². The van der Waals surface area contributed by atoms with E-state index in [0.717, 1.165) is 66.6 Å². The van der Waals surface area contributed by atoms with Crippen LogP contribution < -0.4 is 0 Å². The summed E-state index contributed by atoms with van der Waals surface area (Å²) in [5.41, 5.74) is 12.1. The number of aromatic nitrogens is 4. The quantitative estimate of drug-likeness (QED) is 0.172. The van der Waals surface area contributed by atoms with E-state index in [0.29, 0.717) is 17.5 Å². The lowest BCUT2D eigenvalue weighted by molar-refractivity contribution is 0.670. The molecule has 0 amide bonds. The second kappa shape index (κ2) is 13.0. The summed E-state index contributed by atoms with van der Waals surface area (Å²) in [6.45, 7) is 0.